The average molecular weight is 285 g/mol. The Labute approximate surface area is 124 Å². The summed E-state index contributed by atoms with van der Waals surface area (Å²) in [7, 11) is 7.40. The molecule has 0 unspecified atom stereocenters. The summed E-state index contributed by atoms with van der Waals surface area (Å²) in [4.78, 5) is 6.22. The van der Waals surface area contributed by atoms with Crippen molar-refractivity contribution in [1.29, 1.82) is 5.26 Å². The van der Waals surface area contributed by atoms with Gasteiger partial charge in [-0.15, -0.1) is 0 Å². The molecule has 0 saturated heterocycles. The predicted octanol–water partition coefficient (Wildman–Crippen LogP) is 1.98. The van der Waals surface area contributed by atoms with Gasteiger partial charge in [0.25, 0.3) is 0 Å². The minimum absolute atomic E-state index is 0.553. The lowest BCUT2D eigenvalue weighted by Crippen LogP contribution is -2.13. The number of hydrogen-bond donors (Lipinski definition) is 1. The van der Waals surface area contributed by atoms with Crippen LogP contribution in [0.25, 0.3) is 0 Å². The molecule has 0 saturated carbocycles. The van der Waals surface area contributed by atoms with Crippen LogP contribution in [0.3, 0.4) is 0 Å². The number of ether oxygens (including phenoxy) is 1. The van der Waals surface area contributed by atoms with Gasteiger partial charge in [-0.05, 0) is 17.7 Å². The zero-order chi connectivity index (χ0) is 15.4. The summed E-state index contributed by atoms with van der Waals surface area (Å²) in [5, 5.41) is 12.3. The number of methoxy groups -OCH3 is 1. The molecule has 2 rings (SSSR count). The molecule has 6 nitrogen and oxygen atoms in total. The van der Waals surface area contributed by atoms with E-state index >= 15 is 0 Å². The molecule has 0 bridgehead atoms. The zero-order valence-electron chi connectivity index (χ0n) is 12.7. The SMILES string of the molecule is COc1nccc(N(C)C)c1NCc1cc(C#N)n(C)c1. The highest BCUT2D eigenvalue weighted by Gasteiger charge is 2.12. The molecule has 0 radical (unpaired) electrons. The van der Waals surface area contributed by atoms with Crippen molar-refractivity contribution >= 4 is 11.4 Å². The highest BCUT2D eigenvalue weighted by molar-refractivity contribution is 5.74. The summed E-state index contributed by atoms with van der Waals surface area (Å²) in [6.07, 6.45) is 3.65. The summed E-state index contributed by atoms with van der Waals surface area (Å²) >= 11 is 0. The second-order valence-electron chi connectivity index (χ2n) is 4.92. The first-order chi connectivity index (χ1) is 10.1. The third-order valence-corrected chi connectivity index (χ3v) is 3.21. The second kappa shape index (κ2) is 6.18. The monoisotopic (exact) mass is 285 g/mol. The number of hydrogen-bond acceptors (Lipinski definition) is 5. The van der Waals surface area contributed by atoms with Gasteiger partial charge in [-0.25, -0.2) is 4.98 Å². The van der Waals surface area contributed by atoms with Gasteiger partial charge in [-0.2, -0.15) is 5.26 Å². The fourth-order valence-corrected chi connectivity index (χ4v) is 2.16. The molecule has 2 heterocycles. The summed E-state index contributed by atoms with van der Waals surface area (Å²) in [6, 6.07) is 5.95. The lowest BCUT2D eigenvalue weighted by atomic mass is 10.2. The van der Waals surface area contributed by atoms with Crippen LogP contribution in [0.1, 0.15) is 11.3 Å². The molecule has 110 valence electrons. The lowest BCUT2D eigenvalue weighted by molar-refractivity contribution is 0.400. The second-order valence-corrected chi connectivity index (χ2v) is 4.92. The molecule has 0 aliphatic carbocycles. The van der Waals surface area contributed by atoms with Crippen molar-refractivity contribution in [2.45, 2.75) is 6.54 Å². The van der Waals surface area contributed by atoms with E-state index in [2.05, 4.69) is 16.4 Å². The van der Waals surface area contributed by atoms with Crippen molar-refractivity contribution in [3.05, 3.63) is 35.8 Å². The van der Waals surface area contributed by atoms with Crippen LogP contribution in [0.5, 0.6) is 5.88 Å². The minimum Gasteiger partial charge on any atom is -0.479 e. The summed E-state index contributed by atoms with van der Waals surface area (Å²) in [5.41, 5.74) is 3.51. The number of nitriles is 1. The normalized spacial score (nSPS) is 10.0. The molecule has 0 spiro atoms. The van der Waals surface area contributed by atoms with Crippen LogP contribution in [-0.4, -0.2) is 30.8 Å². The van der Waals surface area contributed by atoms with Gasteiger partial charge in [0.2, 0.25) is 5.88 Å². The fourth-order valence-electron chi connectivity index (χ4n) is 2.16. The Morgan fingerprint density at radius 3 is 2.81 bits per heavy atom. The smallest absolute Gasteiger partial charge is 0.239 e. The van der Waals surface area contributed by atoms with Crippen LogP contribution in [0, 0.1) is 11.3 Å². The van der Waals surface area contributed by atoms with Crippen LogP contribution in [-0.2, 0) is 13.6 Å². The number of aromatic nitrogens is 2. The van der Waals surface area contributed by atoms with E-state index in [0.29, 0.717) is 18.1 Å². The first-order valence-corrected chi connectivity index (χ1v) is 6.56. The highest BCUT2D eigenvalue weighted by Crippen LogP contribution is 2.32. The van der Waals surface area contributed by atoms with E-state index in [-0.39, 0.29) is 0 Å². The molecule has 2 aromatic rings. The molecule has 1 N–H and O–H groups in total. The molecule has 0 aromatic carbocycles. The van der Waals surface area contributed by atoms with Gasteiger partial charge < -0.3 is 19.5 Å². The number of anilines is 2. The predicted molar refractivity (Wildman–Crippen MR) is 82.6 cm³/mol. The van der Waals surface area contributed by atoms with Crippen molar-refractivity contribution in [3.8, 4) is 11.9 Å². The molecular formula is C15H19N5O. The first kappa shape index (κ1) is 14.7. The van der Waals surface area contributed by atoms with Crippen molar-refractivity contribution < 1.29 is 4.74 Å². The Kier molecular flexibility index (Phi) is 4.33. The van der Waals surface area contributed by atoms with Crippen molar-refractivity contribution in [3.63, 3.8) is 0 Å². The molecule has 2 aromatic heterocycles. The summed E-state index contributed by atoms with van der Waals surface area (Å²) in [5.74, 6) is 0.553. The van der Waals surface area contributed by atoms with Gasteiger partial charge in [0.05, 0.1) is 12.8 Å². The molecule has 6 heteroatoms. The molecule has 0 fully saturated rings. The number of nitrogens with one attached hydrogen (secondary N) is 1. The topological polar surface area (TPSA) is 66.1 Å². The third kappa shape index (κ3) is 3.08. The van der Waals surface area contributed by atoms with Crippen LogP contribution >= 0.6 is 0 Å². The van der Waals surface area contributed by atoms with E-state index < -0.39 is 0 Å². The molecule has 0 amide bonds. The summed E-state index contributed by atoms with van der Waals surface area (Å²) in [6.45, 7) is 0.596. The maximum atomic E-state index is 8.99. The molecule has 0 aliphatic rings. The standard InChI is InChI=1S/C15H19N5O/c1-19(2)13-5-6-17-15(21-4)14(13)18-9-11-7-12(8-16)20(3)10-11/h5-7,10,18H,9H2,1-4H3. The Morgan fingerprint density at radius 1 is 1.48 bits per heavy atom. The van der Waals surface area contributed by atoms with Crippen LogP contribution in [0.4, 0.5) is 11.4 Å². The van der Waals surface area contributed by atoms with Gasteiger partial charge in [0.1, 0.15) is 17.5 Å². The molecular weight excluding hydrogens is 266 g/mol. The van der Waals surface area contributed by atoms with Crippen molar-refractivity contribution in [2.24, 2.45) is 7.05 Å². The first-order valence-electron chi connectivity index (χ1n) is 6.56. The van der Waals surface area contributed by atoms with Crippen LogP contribution < -0.4 is 15.0 Å². The van der Waals surface area contributed by atoms with Gasteiger partial charge in [-0.1, -0.05) is 0 Å². The van der Waals surface area contributed by atoms with E-state index in [4.69, 9.17) is 10.00 Å². The highest BCUT2D eigenvalue weighted by atomic mass is 16.5. The zero-order valence-corrected chi connectivity index (χ0v) is 12.7. The average Bonchev–Trinajstić information content (AvgIpc) is 2.84. The van der Waals surface area contributed by atoms with Crippen LogP contribution in [0.15, 0.2) is 24.5 Å². The lowest BCUT2D eigenvalue weighted by Gasteiger charge is -2.19. The van der Waals surface area contributed by atoms with Crippen molar-refractivity contribution in [2.75, 3.05) is 31.4 Å². The number of nitrogens with zero attached hydrogens (tertiary/aromatic N) is 4. The maximum absolute atomic E-state index is 8.99. The minimum atomic E-state index is 0.553. The maximum Gasteiger partial charge on any atom is 0.239 e. The Balaban J connectivity index is 2.24. The van der Waals surface area contributed by atoms with E-state index in [1.807, 2.05) is 48.9 Å². The summed E-state index contributed by atoms with van der Waals surface area (Å²) < 4.78 is 7.13. The van der Waals surface area contributed by atoms with E-state index in [9.17, 15) is 0 Å². The molecule has 0 aliphatic heterocycles. The van der Waals surface area contributed by atoms with E-state index in [1.54, 1.807) is 13.3 Å². The van der Waals surface area contributed by atoms with E-state index in [0.717, 1.165) is 16.9 Å². The van der Waals surface area contributed by atoms with Gasteiger partial charge in [0.15, 0.2) is 0 Å². The Bertz CT molecular complexity index is 669. The van der Waals surface area contributed by atoms with Gasteiger partial charge >= 0.3 is 0 Å². The van der Waals surface area contributed by atoms with Gasteiger partial charge in [-0.3, -0.25) is 0 Å². The van der Waals surface area contributed by atoms with Crippen LogP contribution in [0.2, 0.25) is 0 Å². The quantitative estimate of drug-likeness (QED) is 0.910. The number of pyridine rings is 1. The number of aryl methyl sites for hydroxylation is 1. The fraction of sp³-hybridized carbons (Fsp3) is 0.333. The van der Waals surface area contributed by atoms with E-state index in [1.165, 1.54) is 0 Å². The number of rotatable bonds is 5. The Morgan fingerprint density at radius 2 is 2.24 bits per heavy atom. The van der Waals surface area contributed by atoms with Crippen molar-refractivity contribution in [1.82, 2.24) is 9.55 Å². The molecule has 0 atom stereocenters. The Hall–Kier alpha value is -2.68. The molecule has 21 heavy (non-hydrogen) atoms. The third-order valence-electron chi connectivity index (χ3n) is 3.21. The largest absolute Gasteiger partial charge is 0.479 e. The van der Waals surface area contributed by atoms with Gasteiger partial charge in [0, 0.05) is 40.1 Å².